The van der Waals surface area contributed by atoms with Crippen molar-refractivity contribution in [1.29, 1.82) is 0 Å². The second-order valence-electron chi connectivity index (χ2n) is 4.71. The molecule has 5 heteroatoms. The van der Waals surface area contributed by atoms with Gasteiger partial charge < -0.3 is 15.5 Å². The molecule has 1 saturated heterocycles. The lowest BCUT2D eigenvalue weighted by Crippen LogP contribution is -2.44. The fourth-order valence-corrected chi connectivity index (χ4v) is 2.54. The van der Waals surface area contributed by atoms with Crippen LogP contribution < -0.4 is 10.6 Å². The maximum absolute atomic E-state index is 11.8. The van der Waals surface area contributed by atoms with Crippen LogP contribution in [0.1, 0.15) is 12.0 Å². The van der Waals surface area contributed by atoms with Gasteiger partial charge in [0, 0.05) is 50.2 Å². The molecule has 104 valence electrons. The normalized spacial score (nSPS) is 16.3. The fraction of sp³-hybridized carbons (Fsp3) is 0.500. The summed E-state index contributed by atoms with van der Waals surface area (Å²) in [6.45, 7) is 5.57. The average molecular weight is 326 g/mol. The molecule has 0 aliphatic carbocycles. The molecule has 1 amide bonds. The first kappa shape index (κ1) is 14.5. The van der Waals surface area contributed by atoms with Crippen molar-refractivity contribution in [2.75, 3.05) is 32.7 Å². The smallest absolute Gasteiger partial charge is 0.221 e. The number of nitrogens with one attached hydrogen (secondary N) is 2. The molecular formula is C14H20BrN3O. The van der Waals surface area contributed by atoms with E-state index in [1.54, 1.807) is 0 Å². The van der Waals surface area contributed by atoms with Crippen LogP contribution >= 0.6 is 15.9 Å². The second-order valence-corrected chi connectivity index (χ2v) is 5.56. The molecule has 0 unspecified atom stereocenters. The highest BCUT2D eigenvalue weighted by atomic mass is 79.9. The van der Waals surface area contributed by atoms with Gasteiger partial charge in [-0.15, -0.1) is 0 Å². The molecule has 0 aromatic heterocycles. The molecule has 0 spiro atoms. The molecule has 0 bridgehead atoms. The zero-order chi connectivity index (χ0) is 13.5. The zero-order valence-corrected chi connectivity index (χ0v) is 12.6. The van der Waals surface area contributed by atoms with Crippen molar-refractivity contribution < 1.29 is 4.79 Å². The van der Waals surface area contributed by atoms with Crippen LogP contribution in [0.5, 0.6) is 0 Å². The monoisotopic (exact) mass is 325 g/mol. The van der Waals surface area contributed by atoms with E-state index in [4.69, 9.17) is 0 Å². The van der Waals surface area contributed by atoms with E-state index in [1.807, 2.05) is 24.3 Å². The van der Waals surface area contributed by atoms with Crippen LogP contribution in [0.25, 0.3) is 0 Å². The standard InChI is InChI=1S/C14H20BrN3O/c15-13-4-2-1-3-12(13)11-17-14(19)5-8-18-9-6-16-7-10-18/h1-4,16H,5-11H2,(H,17,19). The number of hydrogen-bond acceptors (Lipinski definition) is 3. The molecule has 19 heavy (non-hydrogen) atoms. The Hall–Kier alpha value is -0.910. The van der Waals surface area contributed by atoms with E-state index in [0.29, 0.717) is 13.0 Å². The first-order valence-corrected chi connectivity index (χ1v) is 7.48. The van der Waals surface area contributed by atoms with Crippen LogP contribution in [0.4, 0.5) is 0 Å². The molecule has 1 aliphatic heterocycles. The van der Waals surface area contributed by atoms with Gasteiger partial charge in [-0.05, 0) is 11.6 Å². The molecule has 0 atom stereocenters. The number of hydrogen-bond donors (Lipinski definition) is 2. The quantitative estimate of drug-likeness (QED) is 0.859. The summed E-state index contributed by atoms with van der Waals surface area (Å²) in [5.41, 5.74) is 1.11. The van der Waals surface area contributed by atoms with Gasteiger partial charge in [-0.1, -0.05) is 34.1 Å². The number of piperazine rings is 1. The number of rotatable bonds is 5. The lowest BCUT2D eigenvalue weighted by atomic mass is 10.2. The Morgan fingerprint density at radius 3 is 2.79 bits per heavy atom. The summed E-state index contributed by atoms with van der Waals surface area (Å²) in [6.07, 6.45) is 0.574. The molecular weight excluding hydrogens is 306 g/mol. The van der Waals surface area contributed by atoms with Gasteiger partial charge in [0.15, 0.2) is 0 Å². The van der Waals surface area contributed by atoms with Gasteiger partial charge in [-0.3, -0.25) is 4.79 Å². The van der Waals surface area contributed by atoms with Crippen molar-refractivity contribution in [1.82, 2.24) is 15.5 Å². The Morgan fingerprint density at radius 2 is 2.05 bits per heavy atom. The fourth-order valence-electron chi connectivity index (χ4n) is 2.12. The van der Waals surface area contributed by atoms with Crippen molar-refractivity contribution in [3.63, 3.8) is 0 Å². The number of benzene rings is 1. The maximum Gasteiger partial charge on any atom is 0.221 e. The SMILES string of the molecule is O=C(CCN1CCNCC1)NCc1ccccc1Br. The van der Waals surface area contributed by atoms with Crippen molar-refractivity contribution in [2.45, 2.75) is 13.0 Å². The Labute approximate surface area is 122 Å². The van der Waals surface area contributed by atoms with Crippen LogP contribution in [0.2, 0.25) is 0 Å². The van der Waals surface area contributed by atoms with Crippen molar-refractivity contribution in [3.05, 3.63) is 34.3 Å². The van der Waals surface area contributed by atoms with Gasteiger partial charge in [0.05, 0.1) is 0 Å². The van der Waals surface area contributed by atoms with Crippen molar-refractivity contribution in [3.8, 4) is 0 Å². The second kappa shape index (κ2) is 7.62. The molecule has 0 saturated carbocycles. The predicted molar refractivity (Wildman–Crippen MR) is 79.9 cm³/mol. The first-order chi connectivity index (χ1) is 9.25. The van der Waals surface area contributed by atoms with E-state index in [2.05, 4.69) is 31.5 Å². The summed E-state index contributed by atoms with van der Waals surface area (Å²) in [5, 5.41) is 6.28. The summed E-state index contributed by atoms with van der Waals surface area (Å²) in [4.78, 5) is 14.1. The van der Waals surface area contributed by atoms with E-state index < -0.39 is 0 Å². The summed E-state index contributed by atoms with van der Waals surface area (Å²) in [6, 6.07) is 7.95. The Morgan fingerprint density at radius 1 is 1.32 bits per heavy atom. The third kappa shape index (κ3) is 4.93. The third-order valence-electron chi connectivity index (χ3n) is 3.30. The average Bonchev–Trinajstić information content (AvgIpc) is 2.45. The zero-order valence-electron chi connectivity index (χ0n) is 11.0. The molecule has 1 aromatic rings. The van der Waals surface area contributed by atoms with Crippen molar-refractivity contribution >= 4 is 21.8 Å². The Balaban J connectivity index is 1.68. The summed E-state index contributed by atoms with van der Waals surface area (Å²) < 4.78 is 1.04. The van der Waals surface area contributed by atoms with Gasteiger partial charge in [-0.2, -0.15) is 0 Å². The molecule has 1 aromatic carbocycles. The van der Waals surface area contributed by atoms with E-state index >= 15 is 0 Å². The van der Waals surface area contributed by atoms with Crippen LogP contribution in [-0.4, -0.2) is 43.5 Å². The van der Waals surface area contributed by atoms with E-state index in [0.717, 1.165) is 42.8 Å². The molecule has 1 aliphatic rings. The minimum Gasteiger partial charge on any atom is -0.352 e. The summed E-state index contributed by atoms with van der Waals surface area (Å²) >= 11 is 3.48. The highest BCUT2D eigenvalue weighted by Crippen LogP contribution is 2.15. The van der Waals surface area contributed by atoms with Crippen LogP contribution in [-0.2, 0) is 11.3 Å². The Kier molecular flexibility index (Phi) is 5.82. The number of carbonyl (C=O) groups excluding carboxylic acids is 1. The predicted octanol–water partition coefficient (Wildman–Crippen LogP) is 1.36. The minimum atomic E-state index is 0.120. The Bertz CT molecular complexity index is 419. The molecule has 2 N–H and O–H groups in total. The topological polar surface area (TPSA) is 44.4 Å². The number of nitrogens with zero attached hydrogens (tertiary/aromatic N) is 1. The maximum atomic E-state index is 11.8. The third-order valence-corrected chi connectivity index (χ3v) is 4.07. The van der Waals surface area contributed by atoms with Gasteiger partial charge in [0.2, 0.25) is 5.91 Å². The summed E-state index contributed by atoms with van der Waals surface area (Å²) in [7, 11) is 0. The highest BCUT2D eigenvalue weighted by Gasteiger charge is 2.11. The molecule has 4 nitrogen and oxygen atoms in total. The lowest BCUT2D eigenvalue weighted by molar-refractivity contribution is -0.121. The number of carbonyl (C=O) groups is 1. The summed E-state index contributed by atoms with van der Waals surface area (Å²) in [5.74, 6) is 0.120. The van der Waals surface area contributed by atoms with E-state index in [9.17, 15) is 4.79 Å². The minimum absolute atomic E-state index is 0.120. The number of halogens is 1. The van der Waals surface area contributed by atoms with Crippen LogP contribution in [0, 0.1) is 0 Å². The van der Waals surface area contributed by atoms with Gasteiger partial charge >= 0.3 is 0 Å². The van der Waals surface area contributed by atoms with Gasteiger partial charge in [0.1, 0.15) is 0 Å². The van der Waals surface area contributed by atoms with E-state index in [1.165, 1.54) is 0 Å². The van der Waals surface area contributed by atoms with Crippen LogP contribution in [0.3, 0.4) is 0 Å². The lowest BCUT2D eigenvalue weighted by Gasteiger charge is -2.26. The number of amides is 1. The molecule has 1 heterocycles. The highest BCUT2D eigenvalue weighted by molar-refractivity contribution is 9.10. The van der Waals surface area contributed by atoms with Crippen LogP contribution in [0.15, 0.2) is 28.7 Å². The molecule has 2 rings (SSSR count). The van der Waals surface area contributed by atoms with Crippen molar-refractivity contribution in [2.24, 2.45) is 0 Å². The molecule has 1 fully saturated rings. The largest absolute Gasteiger partial charge is 0.352 e. The van der Waals surface area contributed by atoms with Gasteiger partial charge in [-0.25, -0.2) is 0 Å². The molecule has 0 radical (unpaired) electrons. The van der Waals surface area contributed by atoms with Gasteiger partial charge in [0.25, 0.3) is 0 Å². The van der Waals surface area contributed by atoms with E-state index in [-0.39, 0.29) is 5.91 Å². The first-order valence-electron chi connectivity index (χ1n) is 6.69.